The van der Waals surface area contributed by atoms with Crippen molar-refractivity contribution in [2.75, 3.05) is 6.61 Å². The Kier molecular flexibility index (Phi) is 1.99. The number of hydrogen-bond acceptors (Lipinski definition) is 1. The van der Waals surface area contributed by atoms with Gasteiger partial charge in [0.1, 0.15) is 11.9 Å². The molecule has 2 rings (SSSR count). The Morgan fingerprint density at radius 3 is 2.43 bits per heavy atom. The molecule has 1 atom stereocenters. The van der Waals surface area contributed by atoms with Crippen LogP contribution in [0.3, 0.4) is 0 Å². The van der Waals surface area contributed by atoms with Crippen molar-refractivity contribution in [2.24, 2.45) is 0 Å². The smallest absolute Gasteiger partial charge is 0.368 e. The van der Waals surface area contributed by atoms with Crippen LogP contribution in [-0.4, -0.2) is 6.61 Å². The van der Waals surface area contributed by atoms with Gasteiger partial charge in [-0.1, -0.05) is 6.07 Å². The van der Waals surface area contributed by atoms with E-state index in [0.717, 1.165) is 12.1 Å². The molecule has 0 aliphatic carbocycles. The number of hydrogen-bond donors (Lipinski definition) is 0. The van der Waals surface area contributed by atoms with E-state index < -0.39 is 17.6 Å². The second-order valence-corrected chi connectivity index (χ2v) is 3.06. The van der Waals surface area contributed by atoms with Crippen molar-refractivity contribution in [1.29, 1.82) is 0 Å². The first-order chi connectivity index (χ1) is 6.48. The van der Waals surface area contributed by atoms with Crippen molar-refractivity contribution >= 4 is 0 Å². The van der Waals surface area contributed by atoms with Gasteiger partial charge < -0.3 is 4.74 Å². The summed E-state index contributed by atoms with van der Waals surface area (Å²) in [6.45, 7) is 0.406. The molecule has 0 spiro atoms. The van der Waals surface area contributed by atoms with Crippen LogP contribution in [0.15, 0.2) is 18.2 Å². The highest BCUT2D eigenvalue weighted by molar-refractivity contribution is 5.30. The first kappa shape index (κ1) is 9.45. The molecule has 1 fully saturated rings. The number of ether oxygens (including phenoxy) is 1. The molecule has 0 radical (unpaired) electrons. The van der Waals surface area contributed by atoms with E-state index in [1.54, 1.807) is 0 Å². The molecule has 1 aliphatic rings. The van der Waals surface area contributed by atoms with Crippen molar-refractivity contribution in [3.63, 3.8) is 0 Å². The third kappa shape index (κ3) is 1.72. The maximum absolute atomic E-state index is 12.8. The summed E-state index contributed by atoms with van der Waals surface area (Å²) in [7, 11) is 0. The average Bonchev–Trinajstić information content (AvgIpc) is 2.85. The molecule has 0 unspecified atom stereocenters. The van der Waals surface area contributed by atoms with Gasteiger partial charge in [0.25, 0.3) is 0 Å². The first-order valence-corrected chi connectivity index (χ1v) is 3.97. The van der Waals surface area contributed by atoms with Crippen LogP contribution in [0.1, 0.15) is 17.2 Å². The van der Waals surface area contributed by atoms with Gasteiger partial charge in [-0.3, -0.25) is 0 Å². The van der Waals surface area contributed by atoms with E-state index in [2.05, 4.69) is 0 Å². The van der Waals surface area contributed by atoms with Crippen LogP contribution >= 0.6 is 0 Å². The van der Waals surface area contributed by atoms with E-state index in [-0.39, 0.29) is 6.10 Å². The van der Waals surface area contributed by atoms with Gasteiger partial charge in [0.05, 0.1) is 12.2 Å². The normalized spacial score (nSPS) is 21.0. The summed E-state index contributed by atoms with van der Waals surface area (Å²) < 4.78 is 54.3. The fourth-order valence-corrected chi connectivity index (χ4v) is 1.20. The summed E-state index contributed by atoms with van der Waals surface area (Å²) in [5.41, 5.74) is -0.857. The molecule has 1 saturated heterocycles. The van der Waals surface area contributed by atoms with Crippen molar-refractivity contribution in [3.05, 3.63) is 35.1 Å². The largest absolute Gasteiger partial charge is 0.419 e. The molecular formula is C9H6F4O. The van der Waals surface area contributed by atoms with E-state index in [0.29, 0.717) is 12.2 Å². The van der Waals surface area contributed by atoms with Crippen LogP contribution in [0, 0.1) is 5.82 Å². The SMILES string of the molecule is Fc1ccc([C@H]2CO2)cc1C(F)(F)F. The molecule has 0 N–H and O–H groups in total. The molecule has 0 amide bonds. The van der Waals surface area contributed by atoms with Crippen LogP contribution in [-0.2, 0) is 10.9 Å². The standard InChI is InChI=1S/C9H6F4O/c10-7-2-1-5(8-4-14-8)3-6(7)9(11,12)13/h1-3,8H,4H2/t8-/m1/s1. The van der Waals surface area contributed by atoms with Gasteiger partial charge in [-0.2, -0.15) is 13.2 Å². The molecule has 1 aromatic rings. The molecule has 5 heteroatoms. The van der Waals surface area contributed by atoms with Crippen LogP contribution in [0.5, 0.6) is 0 Å². The Morgan fingerprint density at radius 2 is 1.93 bits per heavy atom. The van der Waals surface area contributed by atoms with E-state index in [9.17, 15) is 17.6 Å². The van der Waals surface area contributed by atoms with Crippen molar-refractivity contribution in [3.8, 4) is 0 Å². The van der Waals surface area contributed by atoms with Gasteiger partial charge in [-0.15, -0.1) is 0 Å². The number of benzene rings is 1. The maximum atomic E-state index is 12.8. The summed E-state index contributed by atoms with van der Waals surface area (Å²) in [4.78, 5) is 0. The monoisotopic (exact) mass is 206 g/mol. The highest BCUT2D eigenvalue weighted by Gasteiger charge is 2.36. The highest BCUT2D eigenvalue weighted by atomic mass is 19.4. The minimum Gasteiger partial charge on any atom is -0.368 e. The zero-order valence-corrected chi connectivity index (χ0v) is 6.94. The predicted molar refractivity (Wildman–Crippen MR) is 40.1 cm³/mol. The summed E-state index contributed by atoms with van der Waals surface area (Å²) >= 11 is 0. The molecule has 1 aromatic carbocycles. The number of epoxide rings is 1. The lowest BCUT2D eigenvalue weighted by Gasteiger charge is -2.08. The van der Waals surface area contributed by atoms with Crippen molar-refractivity contribution in [1.82, 2.24) is 0 Å². The number of alkyl halides is 3. The minimum absolute atomic E-state index is 0.295. The second kappa shape index (κ2) is 2.95. The molecule has 1 heterocycles. The Morgan fingerprint density at radius 1 is 1.29 bits per heavy atom. The lowest BCUT2D eigenvalue weighted by atomic mass is 10.1. The molecule has 0 saturated carbocycles. The fraction of sp³-hybridized carbons (Fsp3) is 0.333. The molecule has 76 valence electrons. The number of rotatable bonds is 1. The molecule has 0 bridgehead atoms. The van der Waals surface area contributed by atoms with Crippen molar-refractivity contribution < 1.29 is 22.3 Å². The zero-order valence-electron chi connectivity index (χ0n) is 6.94. The summed E-state index contributed by atoms with van der Waals surface area (Å²) in [5.74, 6) is -1.25. The van der Waals surface area contributed by atoms with Crippen LogP contribution in [0.2, 0.25) is 0 Å². The predicted octanol–water partition coefficient (Wildman–Crippen LogP) is 2.92. The minimum atomic E-state index is -4.64. The Labute approximate surface area is 77.3 Å². The Hall–Kier alpha value is -1.10. The maximum Gasteiger partial charge on any atom is 0.419 e. The molecule has 0 aromatic heterocycles. The lowest BCUT2D eigenvalue weighted by molar-refractivity contribution is -0.140. The topological polar surface area (TPSA) is 12.5 Å². The lowest BCUT2D eigenvalue weighted by Crippen LogP contribution is -2.08. The first-order valence-electron chi connectivity index (χ1n) is 3.97. The van der Waals surface area contributed by atoms with E-state index >= 15 is 0 Å². The summed E-state index contributed by atoms with van der Waals surface area (Å²) in [5, 5.41) is 0. The van der Waals surface area contributed by atoms with Crippen LogP contribution in [0.4, 0.5) is 17.6 Å². The van der Waals surface area contributed by atoms with E-state index in [1.807, 2.05) is 0 Å². The highest BCUT2D eigenvalue weighted by Crippen LogP contribution is 2.36. The molecule has 1 aliphatic heterocycles. The Bertz CT molecular complexity index is 354. The van der Waals surface area contributed by atoms with Crippen molar-refractivity contribution in [2.45, 2.75) is 12.3 Å². The molecular weight excluding hydrogens is 200 g/mol. The summed E-state index contributed by atoms with van der Waals surface area (Å²) in [6, 6.07) is 2.93. The summed E-state index contributed by atoms with van der Waals surface area (Å²) in [6.07, 6.45) is -4.94. The fourth-order valence-electron chi connectivity index (χ4n) is 1.20. The average molecular weight is 206 g/mol. The zero-order chi connectivity index (χ0) is 10.3. The van der Waals surface area contributed by atoms with Crippen LogP contribution in [0.25, 0.3) is 0 Å². The molecule has 1 nitrogen and oxygen atoms in total. The Balaban J connectivity index is 2.41. The molecule has 14 heavy (non-hydrogen) atoms. The van der Waals surface area contributed by atoms with Gasteiger partial charge in [-0.05, 0) is 17.7 Å². The second-order valence-electron chi connectivity index (χ2n) is 3.06. The number of halogens is 4. The van der Waals surface area contributed by atoms with Gasteiger partial charge in [0.15, 0.2) is 0 Å². The van der Waals surface area contributed by atoms with Gasteiger partial charge in [0, 0.05) is 0 Å². The van der Waals surface area contributed by atoms with E-state index in [4.69, 9.17) is 4.74 Å². The third-order valence-electron chi connectivity index (χ3n) is 2.00. The quantitative estimate of drug-likeness (QED) is 0.508. The third-order valence-corrected chi connectivity index (χ3v) is 2.00. The van der Waals surface area contributed by atoms with Crippen LogP contribution < -0.4 is 0 Å². The van der Waals surface area contributed by atoms with E-state index in [1.165, 1.54) is 6.07 Å². The van der Waals surface area contributed by atoms with Gasteiger partial charge >= 0.3 is 6.18 Å². The van der Waals surface area contributed by atoms with Gasteiger partial charge in [0.2, 0.25) is 0 Å². The van der Waals surface area contributed by atoms with Gasteiger partial charge in [-0.25, -0.2) is 4.39 Å².